The quantitative estimate of drug-likeness (QED) is 0.798. The lowest BCUT2D eigenvalue weighted by atomic mass is 10.2. The second kappa shape index (κ2) is 7.99. The first-order valence-electron chi connectivity index (χ1n) is 7.72. The van der Waals surface area contributed by atoms with Crippen LogP contribution in [0.5, 0.6) is 5.75 Å². The molecule has 136 valence electrons. The van der Waals surface area contributed by atoms with Gasteiger partial charge in [0.05, 0.1) is 6.54 Å². The molecule has 0 fully saturated rings. The molecule has 0 saturated heterocycles. The maximum atomic E-state index is 12.1. The molecule has 1 heterocycles. The number of sulfonamides is 1. The lowest BCUT2D eigenvalue weighted by molar-refractivity contribution is -0.127. The molecule has 1 aromatic heterocycles. The maximum absolute atomic E-state index is 12.1. The molecule has 0 aliphatic rings. The fourth-order valence-corrected chi connectivity index (χ4v) is 4.43. The van der Waals surface area contributed by atoms with Crippen molar-refractivity contribution < 1.29 is 17.9 Å². The summed E-state index contributed by atoms with van der Waals surface area (Å²) in [6, 6.07) is 10.7. The van der Waals surface area contributed by atoms with E-state index in [0.29, 0.717) is 5.75 Å². The van der Waals surface area contributed by atoms with Crippen LogP contribution in [0, 0.1) is 6.92 Å². The Bertz CT molecular complexity index is 827. The van der Waals surface area contributed by atoms with Gasteiger partial charge in [-0.3, -0.25) is 4.79 Å². The van der Waals surface area contributed by atoms with E-state index < -0.39 is 16.1 Å². The van der Waals surface area contributed by atoms with E-state index >= 15 is 0 Å². The van der Waals surface area contributed by atoms with Crippen molar-refractivity contribution in [2.75, 3.05) is 14.1 Å². The topological polar surface area (TPSA) is 75.7 Å². The van der Waals surface area contributed by atoms with Gasteiger partial charge in [-0.05, 0) is 38.1 Å². The number of nitrogens with zero attached hydrogens (tertiary/aromatic N) is 1. The molecular formula is C17H22N2O4S2. The number of ether oxygens (including phenoxy) is 1. The third-order valence-electron chi connectivity index (χ3n) is 3.51. The Morgan fingerprint density at radius 2 is 1.84 bits per heavy atom. The molecule has 1 N–H and O–H groups in total. The number of hydrogen-bond donors (Lipinski definition) is 1. The summed E-state index contributed by atoms with van der Waals surface area (Å²) in [5, 5.41) is 2.76. The summed E-state index contributed by atoms with van der Waals surface area (Å²) in [6.45, 7) is 3.91. The molecule has 8 heteroatoms. The van der Waals surface area contributed by atoms with E-state index in [4.69, 9.17) is 4.74 Å². The van der Waals surface area contributed by atoms with Crippen LogP contribution in [-0.4, -0.2) is 38.8 Å². The predicted octanol–water partition coefficient (Wildman–Crippen LogP) is 2.39. The van der Waals surface area contributed by atoms with Crippen LogP contribution in [-0.2, 0) is 21.4 Å². The van der Waals surface area contributed by atoms with Gasteiger partial charge in [-0.25, -0.2) is 12.7 Å². The van der Waals surface area contributed by atoms with Gasteiger partial charge in [-0.15, -0.1) is 11.3 Å². The molecule has 6 nitrogen and oxygen atoms in total. The molecule has 1 atom stereocenters. The standard InChI is InChI=1S/C17H22N2O4S2/c1-12-5-7-14(8-6-12)23-13(2)17(20)18-11-15-9-10-16(24-15)25(21,22)19(3)4/h5-10,13H,11H2,1-4H3,(H,18,20). The number of rotatable bonds is 7. The molecule has 1 amide bonds. The third-order valence-corrected chi connectivity index (χ3v) is 6.88. The van der Waals surface area contributed by atoms with Crippen molar-refractivity contribution in [1.82, 2.24) is 9.62 Å². The smallest absolute Gasteiger partial charge is 0.261 e. The average molecular weight is 383 g/mol. The molecule has 0 bridgehead atoms. The van der Waals surface area contributed by atoms with Crippen molar-refractivity contribution in [1.29, 1.82) is 0 Å². The van der Waals surface area contributed by atoms with Crippen LogP contribution in [0.4, 0.5) is 0 Å². The first-order chi connectivity index (χ1) is 11.7. The third kappa shape index (κ3) is 5.04. The van der Waals surface area contributed by atoms with Crippen molar-refractivity contribution >= 4 is 27.3 Å². The summed E-state index contributed by atoms with van der Waals surface area (Å²) in [5.74, 6) is 0.370. The highest BCUT2D eigenvalue weighted by atomic mass is 32.2. The number of amides is 1. The molecule has 0 radical (unpaired) electrons. The second-order valence-electron chi connectivity index (χ2n) is 5.80. The minimum Gasteiger partial charge on any atom is -0.481 e. The first kappa shape index (κ1) is 19.4. The van der Waals surface area contributed by atoms with Crippen LogP contribution in [0.3, 0.4) is 0 Å². The van der Waals surface area contributed by atoms with E-state index in [-0.39, 0.29) is 16.7 Å². The van der Waals surface area contributed by atoms with Gasteiger partial charge in [-0.2, -0.15) is 0 Å². The number of aryl methyl sites for hydroxylation is 1. The van der Waals surface area contributed by atoms with E-state index in [0.717, 1.165) is 21.8 Å². The molecule has 1 aromatic carbocycles. The Morgan fingerprint density at radius 1 is 1.20 bits per heavy atom. The molecule has 0 spiro atoms. The lowest BCUT2D eigenvalue weighted by Crippen LogP contribution is -2.35. The normalized spacial score (nSPS) is 12.8. The first-order valence-corrected chi connectivity index (χ1v) is 9.98. The van der Waals surface area contributed by atoms with Gasteiger partial charge in [-0.1, -0.05) is 17.7 Å². The van der Waals surface area contributed by atoms with Gasteiger partial charge in [0.25, 0.3) is 15.9 Å². The summed E-state index contributed by atoms with van der Waals surface area (Å²) >= 11 is 1.14. The van der Waals surface area contributed by atoms with E-state index in [1.807, 2.05) is 31.2 Å². The molecule has 0 aliphatic heterocycles. The zero-order valence-electron chi connectivity index (χ0n) is 14.6. The van der Waals surface area contributed by atoms with Crippen LogP contribution in [0.25, 0.3) is 0 Å². The van der Waals surface area contributed by atoms with Gasteiger partial charge in [0, 0.05) is 19.0 Å². The van der Waals surface area contributed by atoms with E-state index in [1.54, 1.807) is 19.1 Å². The molecule has 0 aliphatic carbocycles. The molecule has 1 unspecified atom stereocenters. The zero-order valence-corrected chi connectivity index (χ0v) is 16.3. The van der Waals surface area contributed by atoms with Crippen molar-refractivity contribution in [2.45, 2.75) is 30.7 Å². The SMILES string of the molecule is Cc1ccc(OC(C)C(=O)NCc2ccc(S(=O)(=O)N(C)C)s2)cc1. The number of hydrogen-bond acceptors (Lipinski definition) is 5. The van der Waals surface area contributed by atoms with Gasteiger partial charge in [0.2, 0.25) is 0 Å². The fourth-order valence-electron chi connectivity index (χ4n) is 1.96. The van der Waals surface area contributed by atoms with Gasteiger partial charge in [0.15, 0.2) is 6.10 Å². The van der Waals surface area contributed by atoms with Crippen LogP contribution in [0.2, 0.25) is 0 Å². The number of nitrogens with one attached hydrogen (secondary N) is 1. The summed E-state index contributed by atoms with van der Waals surface area (Å²) in [4.78, 5) is 12.9. The summed E-state index contributed by atoms with van der Waals surface area (Å²) < 4.78 is 31.1. The summed E-state index contributed by atoms with van der Waals surface area (Å²) in [6.07, 6.45) is -0.646. The van der Waals surface area contributed by atoms with E-state index in [1.165, 1.54) is 18.4 Å². The Balaban J connectivity index is 1.91. The van der Waals surface area contributed by atoms with Gasteiger partial charge in [0.1, 0.15) is 9.96 Å². The Labute approximate surface area is 152 Å². The summed E-state index contributed by atoms with van der Waals surface area (Å²) in [7, 11) is -0.467. The maximum Gasteiger partial charge on any atom is 0.261 e. The fraction of sp³-hybridized carbons (Fsp3) is 0.353. The number of thiophene rings is 1. The second-order valence-corrected chi connectivity index (χ2v) is 9.35. The zero-order chi connectivity index (χ0) is 18.6. The Morgan fingerprint density at radius 3 is 2.44 bits per heavy atom. The minimum atomic E-state index is -3.44. The van der Waals surface area contributed by atoms with Crippen LogP contribution >= 0.6 is 11.3 Å². The highest BCUT2D eigenvalue weighted by molar-refractivity contribution is 7.91. The van der Waals surface area contributed by atoms with Crippen LogP contribution in [0.1, 0.15) is 17.4 Å². The highest BCUT2D eigenvalue weighted by Gasteiger charge is 2.20. The Kier molecular flexibility index (Phi) is 6.21. The van der Waals surface area contributed by atoms with Crippen molar-refractivity contribution in [3.8, 4) is 5.75 Å². The van der Waals surface area contributed by atoms with Crippen molar-refractivity contribution in [2.24, 2.45) is 0 Å². The Hall–Kier alpha value is -1.90. The number of benzene rings is 1. The predicted molar refractivity (Wildman–Crippen MR) is 98.3 cm³/mol. The minimum absolute atomic E-state index is 0.255. The molecule has 2 rings (SSSR count). The molecular weight excluding hydrogens is 360 g/mol. The van der Waals surface area contributed by atoms with Crippen LogP contribution < -0.4 is 10.1 Å². The number of carbonyl (C=O) groups excluding carboxylic acids is 1. The van der Waals surface area contributed by atoms with Gasteiger partial charge < -0.3 is 10.1 Å². The average Bonchev–Trinajstić information content (AvgIpc) is 3.04. The highest BCUT2D eigenvalue weighted by Crippen LogP contribution is 2.23. The molecule has 25 heavy (non-hydrogen) atoms. The summed E-state index contributed by atoms with van der Waals surface area (Å²) in [5.41, 5.74) is 1.12. The van der Waals surface area contributed by atoms with Gasteiger partial charge >= 0.3 is 0 Å². The molecule has 0 saturated carbocycles. The van der Waals surface area contributed by atoms with E-state index in [9.17, 15) is 13.2 Å². The lowest BCUT2D eigenvalue weighted by Gasteiger charge is -2.14. The molecule has 2 aromatic rings. The van der Waals surface area contributed by atoms with E-state index in [2.05, 4.69) is 5.32 Å². The number of carbonyl (C=O) groups is 1. The van der Waals surface area contributed by atoms with Crippen molar-refractivity contribution in [3.05, 3.63) is 46.8 Å². The van der Waals surface area contributed by atoms with Crippen LogP contribution in [0.15, 0.2) is 40.6 Å². The largest absolute Gasteiger partial charge is 0.481 e. The monoisotopic (exact) mass is 382 g/mol. The van der Waals surface area contributed by atoms with Crippen molar-refractivity contribution in [3.63, 3.8) is 0 Å².